The van der Waals surface area contributed by atoms with Crippen LogP contribution in [0.3, 0.4) is 0 Å². The number of halogens is 1. The van der Waals surface area contributed by atoms with Gasteiger partial charge in [-0.3, -0.25) is 0 Å². The van der Waals surface area contributed by atoms with E-state index in [9.17, 15) is 14.8 Å². The lowest BCUT2D eigenvalue weighted by atomic mass is 9.96. The van der Waals surface area contributed by atoms with E-state index in [2.05, 4.69) is 6.07 Å². The van der Waals surface area contributed by atoms with Crippen LogP contribution in [0.25, 0.3) is 21.9 Å². The van der Waals surface area contributed by atoms with Gasteiger partial charge in [-0.05, 0) is 53.1 Å². The van der Waals surface area contributed by atoms with E-state index in [1.54, 1.807) is 12.1 Å². The molecular weight excluding hydrogens is 265 g/mol. The molecule has 2 nitrogen and oxygen atoms in total. The van der Waals surface area contributed by atoms with E-state index in [-0.39, 0.29) is 5.75 Å². The van der Waals surface area contributed by atoms with Crippen LogP contribution in [0.1, 0.15) is 11.1 Å². The normalized spacial score (nSPS) is 10.5. The molecule has 0 aromatic heterocycles. The Morgan fingerprint density at radius 3 is 2.52 bits per heavy atom. The topological polar surface area (TPSA) is 44.0 Å². The van der Waals surface area contributed by atoms with Gasteiger partial charge in [-0.15, -0.1) is 0 Å². The summed E-state index contributed by atoms with van der Waals surface area (Å²) in [6, 6.07) is 15.9. The third kappa shape index (κ3) is 2.32. The summed E-state index contributed by atoms with van der Waals surface area (Å²) in [5, 5.41) is 20.4. The second-order valence-corrected chi connectivity index (χ2v) is 5.03. The van der Waals surface area contributed by atoms with Crippen molar-refractivity contribution in [2.45, 2.75) is 6.92 Å². The Bertz CT molecular complexity index is 894. The van der Waals surface area contributed by atoms with Crippen LogP contribution in [0.5, 0.6) is 5.75 Å². The van der Waals surface area contributed by atoms with Crippen molar-refractivity contribution in [1.82, 2.24) is 0 Å². The highest BCUT2D eigenvalue weighted by molar-refractivity contribution is 5.92. The van der Waals surface area contributed by atoms with Gasteiger partial charge in [-0.25, -0.2) is 4.39 Å². The van der Waals surface area contributed by atoms with Gasteiger partial charge in [0.15, 0.2) is 11.6 Å². The van der Waals surface area contributed by atoms with Crippen molar-refractivity contribution in [1.29, 1.82) is 5.26 Å². The molecule has 0 spiro atoms. The summed E-state index contributed by atoms with van der Waals surface area (Å²) in [5.41, 5.74) is 3.03. The number of phenolic OH excluding ortho intramolecular Hbond substituents is 1. The standard InChI is InChI=1S/C18H12FNO/c1-11-2-4-16-14(6-11)7-13(8-15(16)10-20)12-3-5-18(21)17(19)9-12/h2-9,21H,1H3. The molecule has 3 aromatic carbocycles. The van der Waals surface area contributed by atoms with Crippen LogP contribution in [-0.4, -0.2) is 5.11 Å². The average Bonchev–Trinajstić information content (AvgIpc) is 2.48. The molecule has 0 saturated carbocycles. The van der Waals surface area contributed by atoms with E-state index in [0.717, 1.165) is 21.9 Å². The van der Waals surface area contributed by atoms with E-state index in [0.29, 0.717) is 11.1 Å². The molecule has 1 N–H and O–H groups in total. The second-order valence-electron chi connectivity index (χ2n) is 5.03. The lowest BCUT2D eigenvalue weighted by molar-refractivity contribution is 0.432. The van der Waals surface area contributed by atoms with Crippen molar-refractivity contribution in [3.8, 4) is 22.9 Å². The summed E-state index contributed by atoms with van der Waals surface area (Å²) in [6.07, 6.45) is 0. The summed E-state index contributed by atoms with van der Waals surface area (Å²) in [6.45, 7) is 1.98. The summed E-state index contributed by atoms with van der Waals surface area (Å²) in [4.78, 5) is 0. The molecule has 0 aliphatic carbocycles. The molecule has 0 heterocycles. The molecule has 0 atom stereocenters. The molecule has 21 heavy (non-hydrogen) atoms. The number of nitrogens with zero attached hydrogens (tertiary/aromatic N) is 1. The van der Waals surface area contributed by atoms with Crippen LogP contribution in [0.4, 0.5) is 4.39 Å². The zero-order valence-electron chi connectivity index (χ0n) is 11.4. The Hall–Kier alpha value is -2.86. The fraction of sp³-hybridized carbons (Fsp3) is 0.0556. The summed E-state index contributed by atoms with van der Waals surface area (Å²) >= 11 is 0. The molecule has 0 radical (unpaired) electrons. The van der Waals surface area contributed by atoms with Crippen molar-refractivity contribution >= 4 is 10.8 Å². The number of hydrogen-bond acceptors (Lipinski definition) is 2. The Kier molecular flexibility index (Phi) is 3.08. The first-order chi connectivity index (χ1) is 10.1. The highest BCUT2D eigenvalue weighted by Crippen LogP contribution is 2.30. The third-order valence-corrected chi connectivity index (χ3v) is 3.51. The van der Waals surface area contributed by atoms with E-state index in [1.165, 1.54) is 12.1 Å². The van der Waals surface area contributed by atoms with Crippen molar-refractivity contribution in [3.63, 3.8) is 0 Å². The largest absolute Gasteiger partial charge is 0.505 e. The minimum Gasteiger partial charge on any atom is -0.505 e. The maximum absolute atomic E-state index is 13.5. The van der Waals surface area contributed by atoms with E-state index in [1.807, 2.05) is 31.2 Å². The van der Waals surface area contributed by atoms with Crippen molar-refractivity contribution in [2.24, 2.45) is 0 Å². The number of aryl methyl sites for hydroxylation is 1. The van der Waals surface area contributed by atoms with Gasteiger partial charge in [-0.2, -0.15) is 5.26 Å². The fourth-order valence-corrected chi connectivity index (χ4v) is 2.43. The van der Waals surface area contributed by atoms with Crippen molar-refractivity contribution < 1.29 is 9.50 Å². The van der Waals surface area contributed by atoms with Crippen LogP contribution < -0.4 is 0 Å². The van der Waals surface area contributed by atoms with Gasteiger partial charge in [0.1, 0.15) is 0 Å². The Morgan fingerprint density at radius 2 is 1.81 bits per heavy atom. The number of fused-ring (bicyclic) bond motifs is 1. The Balaban J connectivity index is 2.28. The van der Waals surface area contributed by atoms with E-state index < -0.39 is 5.82 Å². The van der Waals surface area contributed by atoms with Gasteiger partial charge in [-0.1, -0.05) is 29.8 Å². The monoisotopic (exact) mass is 277 g/mol. The summed E-state index contributed by atoms with van der Waals surface area (Å²) < 4.78 is 13.5. The highest BCUT2D eigenvalue weighted by Gasteiger charge is 2.08. The molecule has 0 aliphatic heterocycles. The van der Waals surface area contributed by atoms with E-state index >= 15 is 0 Å². The molecule has 0 amide bonds. The lowest BCUT2D eigenvalue weighted by Crippen LogP contribution is -1.86. The summed E-state index contributed by atoms with van der Waals surface area (Å²) in [5.74, 6) is -1.05. The molecular formula is C18H12FNO. The first kappa shape index (κ1) is 13.1. The molecule has 3 aromatic rings. The molecule has 0 bridgehead atoms. The lowest BCUT2D eigenvalue weighted by Gasteiger charge is -2.08. The maximum atomic E-state index is 13.5. The van der Waals surface area contributed by atoms with E-state index in [4.69, 9.17) is 0 Å². The minimum absolute atomic E-state index is 0.379. The van der Waals surface area contributed by atoms with Crippen LogP contribution in [0.2, 0.25) is 0 Å². The van der Waals surface area contributed by atoms with Gasteiger partial charge in [0, 0.05) is 0 Å². The van der Waals surface area contributed by atoms with Crippen LogP contribution in [0, 0.1) is 24.1 Å². The number of rotatable bonds is 1. The smallest absolute Gasteiger partial charge is 0.165 e. The molecule has 3 rings (SSSR count). The van der Waals surface area contributed by atoms with Gasteiger partial charge in [0.2, 0.25) is 0 Å². The predicted molar refractivity (Wildman–Crippen MR) is 80.5 cm³/mol. The maximum Gasteiger partial charge on any atom is 0.165 e. The minimum atomic E-state index is -0.671. The molecule has 0 aliphatic rings. The molecule has 0 saturated heterocycles. The molecule has 0 unspecified atom stereocenters. The number of phenols is 1. The number of aromatic hydroxyl groups is 1. The third-order valence-electron chi connectivity index (χ3n) is 3.51. The SMILES string of the molecule is Cc1ccc2c(C#N)cc(-c3ccc(O)c(F)c3)cc2c1. The van der Waals surface area contributed by atoms with Crippen molar-refractivity contribution in [2.75, 3.05) is 0 Å². The molecule has 0 fully saturated rings. The predicted octanol–water partition coefficient (Wildman–Crippen LogP) is 4.53. The number of hydrogen-bond donors (Lipinski definition) is 1. The molecule has 3 heteroatoms. The fourth-order valence-electron chi connectivity index (χ4n) is 2.43. The Labute approximate surface area is 121 Å². The first-order valence-corrected chi connectivity index (χ1v) is 6.52. The zero-order valence-corrected chi connectivity index (χ0v) is 11.4. The highest BCUT2D eigenvalue weighted by atomic mass is 19.1. The number of nitriles is 1. The molecule has 102 valence electrons. The average molecular weight is 277 g/mol. The van der Waals surface area contributed by atoms with Crippen LogP contribution in [0.15, 0.2) is 48.5 Å². The summed E-state index contributed by atoms with van der Waals surface area (Å²) in [7, 11) is 0. The van der Waals surface area contributed by atoms with Crippen LogP contribution in [-0.2, 0) is 0 Å². The zero-order chi connectivity index (χ0) is 15.0. The van der Waals surface area contributed by atoms with Crippen molar-refractivity contribution in [3.05, 3.63) is 65.5 Å². The first-order valence-electron chi connectivity index (χ1n) is 6.52. The van der Waals surface area contributed by atoms with Gasteiger partial charge in [0.25, 0.3) is 0 Å². The second kappa shape index (κ2) is 4.92. The van der Waals surface area contributed by atoms with Crippen LogP contribution >= 0.6 is 0 Å². The quantitative estimate of drug-likeness (QED) is 0.710. The Morgan fingerprint density at radius 1 is 1.00 bits per heavy atom. The van der Waals surface area contributed by atoms with Gasteiger partial charge < -0.3 is 5.11 Å². The van der Waals surface area contributed by atoms with Gasteiger partial charge >= 0.3 is 0 Å². The number of benzene rings is 3. The van der Waals surface area contributed by atoms with Gasteiger partial charge in [0.05, 0.1) is 11.6 Å².